The van der Waals surface area contributed by atoms with Crippen LogP contribution in [0.25, 0.3) is 0 Å². The fourth-order valence-electron chi connectivity index (χ4n) is 2.21. The van der Waals surface area contributed by atoms with E-state index >= 15 is 0 Å². The lowest BCUT2D eigenvalue weighted by atomic mass is 9.85. The van der Waals surface area contributed by atoms with Crippen LogP contribution in [-0.2, 0) is 10.0 Å². The van der Waals surface area contributed by atoms with Crippen molar-refractivity contribution in [3.8, 4) is 0 Å². The van der Waals surface area contributed by atoms with Gasteiger partial charge in [-0.25, -0.2) is 13.1 Å². The van der Waals surface area contributed by atoms with Crippen LogP contribution in [0.5, 0.6) is 0 Å². The average Bonchev–Trinajstić information content (AvgIpc) is 2.29. The molecule has 0 aromatic heterocycles. The average molecular weight is 271 g/mol. The zero-order chi connectivity index (χ0) is 13.9. The molecule has 0 aliphatic carbocycles. The number of aliphatic hydroxyl groups is 1. The van der Waals surface area contributed by atoms with Gasteiger partial charge in [-0.15, -0.1) is 0 Å². The minimum Gasteiger partial charge on any atom is -0.393 e. The van der Waals surface area contributed by atoms with E-state index in [1.54, 1.807) is 31.2 Å². The van der Waals surface area contributed by atoms with Gasteiger partial charge >= 0.3 is 0 Å². The van der Waals surface area contributed by atoms with Crippen molar-refractivity contribution in [2.75, 3.05) is 7.05 Å². The molecule has 18 heavy (non-hydrogen) atoms. The zero-order valence-electron chi connectivity index (χ0n) is 11.2. The van der Waals surface area contributed by atoms with Gasteiger partial charge in [0.1, 0.15) is 0 Å². The number of nitrogens with one attached hydrogen (secondary N) is 1. The lowest BCUT2D eigenvalue weighted by Crippen LogP contribution is -2.21. The van der Waals surface area contributed by atoms with Crippen LogP contribution in [0.2, 0.25) is 0 Å². The third-order valence-corrected chi connectivity index (χ3v) is 4.51. The highest BCUT2D eigenvalue weighted by Gasteiger charge is 2.21. The molecule has 0 fully saturated rings. The molecule has 2 N–H and O–H groups in total. The second-order valence-electron chi connectivity index (χ2n) is 4.79. The molecule has 0 radical (unpaired) electrons. The van der Waals surface area contributed by atoms with E-state index in [0.717, 1.165) is 5.56 Å². The van der Waals surface area contributed by atoms with Gasteiger partial charge in [0.25, 0.3) is 0 Å². The van der Waals surface area contributed by atoms with Gasteiger partial charge in [0.15, 0.2) is 0 Å². The van der Waals surface area contributed by atoms with Crippen LogP contribution in [0.1, 0.15) is 32.3 Å². The first-order valence-corrected chi connectivity index (χ1v) is 7.49. The minimum absolute atomic E-state index is 0.0105. The van der Waals surface area contributed by atoms with Gasteiger partial charge in [-0.05, 0) is 37.6 Å². The van der Waals surface area contributed by atoms with E-state index in [2.05, 4.69) is 4.72 Å². The van der Waals surface area contributed by atoms with Gasteiger partial charge in [-0.1, -0.05) is 26.0 Å². The molecule has 0 aliphatic heterocycles. The lowest BCUT2D eigenvalue weighted by Gasteiger charge is -2.24. The predicted octanol–water partition coefficient (Wildman–Crippen LogP) is 1.72. The van der Waals surface area contributed by atoms with E-state index in [0.29, 0.717) is 0 Å². The van der Waals surface area contributed by atoms with Crippen LogP contribution in [-0.4, -0.2) is 26.7 Å². The van der Waals surface area contributed by atoms with Gasteiger partial charge in [-0.3, -0.25) is 0 Å². The van der Waals surface area contributed by atoms with Crippen LogP contribution in [0.3, 0.4) is 0 Å². The smallest absolute Gasteiger partial charge is 0.240 e. The third-order valence-electron chi connectivity index (χ3n) is 3.08. The summed E-state index contributed by atoms with van der Waals surface area (Å²) in [5.41, 5.74) is 0.954. The van der Waals surface area contributed by atoms with Crippen LogP contribution in [0, 0.1) is 5.92 Å². The van der Waals surface area contributed by atoms with Crippen molar-refractivity contribution < 1.29 is 13.5 Å². The Hall–Kier alpha value is -0.910. The zero-order valence-corrected chi connectivity index (χ0v) is 12.0. The number of hydrogen-bond donors (Lipinski definition) is 2. The van der Waals surface area contributed by atoms with E-state index in [9.17, 15) is 13.5 Å². The van der Waals surface area contributed by atoms with E-state index in [1.165, 1.54) is 7.05 Å². The van der Waals surface area contributed by atoms with Crippen molar-refractivity contribution in [1.29, 1.82) is 0 Å². The van der Waals surface area contributed by atoms with Crippen LogP contribution in [0.15, 0.2) is 29.2 Å². The van der Waals surface area contributed by atoms with Crippen LogP contribution < -0.4 is 4.72 Å². The first-order valence-electron chi connectivity index (χ1n) is 6.01. The number of benzene rings is 1. The SMILES string of the molecule is CNS(=O)(=O)c1ccc(C(C(C)C)C(C)O)cc1. The first kappa shape index (κ1) is 15.1. The lowest BCUT2D eigenvalue weighted by molar-refractivity contribution is 0.140. The normalized spacial score (nSPS) is 15.7. The Bertz CT molecular complexity index is 469. The maximum Gasteiger partial charge on any atom is 0.240 e. The largest absolute Gasteiger partial charge is 0.393 e. The van der Waals surface area contributed by atoms with Crippen molar-refractivity contribution in [2.24, 2.45) is 5.92 Å². The molecule has 1 aromatic rings. The summed E-state index contributed by atoms with van der Waals surface area (Å²) in [7, 11) is -2.01. The molecule has 0 amide bonds. The van der Waals surface area contributed by atoms with Crippen molar-refractivity contribution >= 4 is 10.0 Å². The minimum atomic E-state index is -3.39. The summed E-state index contributed by atoms with van der Waals surface area (Å²) in [6, 6.07) is 6.67. The van der Waals surface area contributed by atoms with Crippen LogP contribution >= 0.6 is 0 Å². The van der Waals surface area contributed by atoms with E-state index in [4.69, 9.17) is 0 Å². The van der Waals surface area contributed by atoms with Gasteiger partial charge in [0.05, 0.1) is 11.0 Å². The van der Waals surface area contributed by atoms with Crippen LogP contribution in [0.4, 0.5) is 0 Å². The summed E-state index contributed by atoms with van der Waals surface area (Å²) < 4.78 is 25.5. The second kappa shape index (κ2) is 5.82. The molecule has 0 spiro atoms. The topological polar surface area (TPSA) is 66.4 Å². The number of hydrogen-bond acceptors (Lipinski definition) is 3. The van der Waals surface area contributed by atoms with Crippen molar-refractivity contribution in [3.05, 3.63) is 29.8 Å². The highest BCUT2D eigenvalue weighted by atomic mass is 32.2. The Labute approximate surface area is 109 Å². The summed E-state index contributed by atoms with van der Waals surface area (Å²) in [5, 5.41) is 9.78. The molecule has 0 heterocycles. The molecule has 2 atom stereocenters. The highest BCUT2D eigenvalue weighted by molar-refractivity contribution is 7.89. The fourth-order valence-corrected chi connectivity index (χ4v) is 2.94. The molecule has 1 aromatic carbocycles. The molecular formula is C13H21NO3S. The predicted molar refractivity (Wildman–Crippen MR) is 71.9 cm³/mol. The summed E-state index contributed by atoms with van der Waals surface area (Å²) in [5.74, 6) is 0.299. The van der Waals surface area contributed by atoms with Gasteiger partial charge in [-0.2, -0.15) is 0 Å². The summed E-state index contributed by atoms with van der Waals surface area (Å²) in [6.07, 6.45) is -0.461. The quantitative estimate of drug-likeness (QED) is 0.857. The first-order chi connectivity index (χ1) is 8.29. The number of rotatable bonds is 5. The van der Waals surface area contributed by atoms with Crippen molar-refractivity contribution in [2.45, 2.75) is 37.7 Å². The Morgan fingerprint density at radius 2 is 1.61 bits per heavy atom. The van der Waals surface area contributed by atoms with Gasteiger partial charge in [0.2, 0.25) is 10.0 Å². The second-order valence-corrected chi connectivity index (χ2v) is 6.67. The van der Waals surface area contributed by atoms with Gasteiger partial charge < -0.3 is 5.11 Å². The Balaban J connectivity index is 3.09. The standard InChI is InChI=1S/C13H21NO3S/c1-9(2)13(10(3)15)11-5-7-12(8-6-11)18(16,17)14-4/h5-10,13-15H,1-4H3. The summed E-state index contributed by atoms with van der Waals surface area (Å²) >= 11 is 0. The number of sulfonamides is 1. The Morgan fingerprint density at radius 3 is 1.94 bits per heavy atom. The fraction of sp³-hybridized carbons (Fsp3) is 0.538. The van der Waals surface area contributed by atoms with Gasteiger partial charge in [0, 0.05) is 5.92 Å². The molecule has 102 valence electrons. The summed E-state index contributed by atoms with van der Waals surface area (Å²) in [6.45, 7) is 5.83. The monoisotopic (exact) mass is 271 g/mol. The maximum absolute atomic E-state index is 11.6. The molecule has 2 unspecified atom stereocenters. The number of aliphatic hydroxyl groups excluding tert-OH is 1. The van der Waals surface area contributed by atoms with E-state index in [-0.39, 0.29) is 16.7 Å². The Kier molecular flexibility index (Phi) is 4.90. The third kappa shape index (κ3) is 3.31. The molecule has 1 rings (SSSR count). The summed E-state index contributed by atoms with van der Waals surface area (Å²) in [4.78, 5) is 0.238. The molecule has 0 saturated carbocycles. The highest BCUT2D eigenvalue weighted by Crippen LogP contribution is 2.28. The molecule has 4 nitrogen and oxygen atoms in total. The molecule has 5 heteroatoms. The molecule has 0 aliphatic rings. The Morgan fingerprint density at radius 1 is 1.11 bits per heavy atom. The van der Waals surface area contributed by atoms with E-state index in [1.807, 2.05) is 13.8 Å². The molecule has 0 saturated heterocycles. The van der Waals surface area contributed by atoms with Crippen molar-refractivity contribution in [1.82, 2.24) is 4.72 Å². The van der Waals surface area contributed by atoms with E-state index < -0.39 is 16.1 Å². The van der Waals surface area contributed by atoms with Crippen molar-refractivity contribution in [3.63, 3.8) is 0 Å². The molecule has 0 bridgehead atoms. The molecular weight excluding hydrogens is 250 g/mol. The maximum atomic E-state index is 11.6.